The second-order valence-corrected chi connectivity index (χ2v) is 4.84. The van der Waals surface area contributed by atoms with Crippen LogP contribution in [0.1, 0.15) is 11.3 Å². The first-order valence-electron chi connectivity index (χ1n) is 6.91. The SMILES string of the molecule is CNCc1ccccc1Oc1nc2ccccc2nc1C. The molecule has 0 saturated heterocycles. The topological polar surface area (TPSA) is 47.0 Å². The molecule has 0 aliphatic heterocycles. The number of nitrogens with zero attached hydrogens (tertiary/aromatic N) is 2. The van der Waals surface area contributed by atoms with E-state index in [2.05, 4.69) is 15.3 Å². The Balaban J connectivity index is 2.00. The molecule has 1 heterocycles. The lowest BCUT2D eigenvalue weighted by molar-refractivity contribution is 0.451. The molecule has 0 bridgehead atoms. The Morgan fingerprint density at radius 3 is 2.38 bits per heavy atom. The smallest absolute Gasteiger partial charge is 0.241 e. The summed E-state index contributed by atoms with van der Waals surface area (Å²) in [6.07, 6.45) is 0. The molecule has 0 aliphatic carbocycles. The van der Waals surface area contributed by atoms with Gasteiger partial charge in [0.2, 0.25) is 5.88 Å². The first kappa shape index (κ1) is 13.5. The summed E-state index contributed by atoms with van der Waals surface area (Å²) in [6, 6.07) is 15.7. The molecular formula is C17H17N3O. The quantitative estimate of drug-likeness (QED) is 0.794. The molecular weight excluding hydrogens is 262 g/mol. The monoisotopic (exact) mass is 279 g/mol. The maximum Gasteiger partial charge on any atom is 0.241 e. The maximum atomic E-state index is 5.99. The van der Waals surface area contributed by atoms with Crippen LogP contribution in [0.2, 0.25) is 0 Å². The number of aromatic nitrogens is 2. The summed E-state index contributed by atoms with van der Waals surface area (Å²) in [5.41, 5.74) is 3.59. The van der Waals surface area contributed by atoms with E-state index in [1.165, 1.54) is 0 Å². The molecule has 0 saturated carbocycles. The van der Waals surface area contributed by atoms with Gasteiger partial charge in [0.25, 0.3) is 0 Å². The fraction of sp³-hybridized carbons (Fsp3) is 0.176. The largest absolute Gasteiger partial charge is 0.437 e. The summed E-state index contributed by atoms with van der Waals surface area (Å²) in [5, 5.41) is 3.14. The number of nitrogens with one attached hydrogen (secondary N) is 1. The van der Waals surface area contributed by atoms with Crippen LogP contribution in [0.4, 0.5) is 0 Å². The second-order valence-electron chi connectivity index (χ2n) is 4.84. The highest BCUT2D eigenvalue weighted by Gasteiger charge is 2.09. The zero-order valence-electron chi connectivity index (χ0n) is 12.1. The highest BCUT2D eigenvalue weighted by molar-refractivity contribution is 5.74. The van der Waals surface area contributed by atoms with Crippen molar-refractivity contribution in [2.75, 3.05) is 7.05 Å². The number of para-hydroxylation sites is 3. The molecule has 1 N–H and O–H groups in total. The number of aryl methyl sites for hydroxylation is 1. The van der Waals surface area contributed by atoms with Gasteiger partial charge in [0.15, 0.2) is 0 Å². The first-order valence-corrected chi connectivity index (χ1v) is 6.91. The van der Waals surface area contributed by atoms with Gasteiger partial charge in [-0.2, -0.15) is 0 Å². The van der Waals surface area contributed by atoms with E-state index in [0.29, 0.717) is 5.88 Å². The fourth-order valence-electron chi connectivity index (χ4n) is 2.21. The highest BCUT2D eigenvalue weighted by Crippen LogP contribution is 2.27. The van der Waals surface area contributed by atoms with Crippen LogP contribution in [-0.4, -0.2) is 17.0 Å². The van der Waals surface area contributed by atoms with Crippen LogP contribution in [-0.2, 0) is 6.54 Å². The van der Waals surface area contributed by atoms with E-state index in [-0.39, 0.29) is 0 Å². The average molecular weight is 279 g/mol. The predicted octanol–water partition coefficient (Wildman–Crippen LogP) is 3.45. The van der Waals surface area contributed by atoms with E-state index < -0.39 is 0 Å². The van der Waals surface area contributed by atoms with Crippen molar-refractivity contribution in [3.63, 3.8) is 0 Å². The molecule has 0 atom stereocenters. The average Bonchev–Trinajstić information content (AvgIpc) is 2.50. The van der Waals surface area contributed by atoms with Crippen LogP contribution in [0.25, 0.3) is 11.0 Å². The van der Waals surface area contributed by atoms with Gasteiger partial charge < -0.3 is 10.1 Å². The minimum absolute atomic E-state index is 0.553. The summed E-state index contributed by atoms with van der Waals surface area (Å²) >= 11 is 0. The Labute approximate surface area is 123 Å². The van der Waals surface area contributed by atoms with Gasteiger partial charge >= 0.3 is 0 Å². The molecule has 0 unspecified atom stereocenters. The molecule has 0 spiro atoms. The van der Waals surface area contributed by atoms with Gasteiger partial charge in [0, 0.05) is 12.1 Å². The zero-order valence-corrected chi connectivity index (χ0v) is 12.1. The van der Waals surface area contributed by atoms with Crippen LogP contribution < -0.4 is 10.1 Å². The third-order valence-corrected chi connectivity index (χ3v) is 3.25. The normalized spacial score (nSPS) is 10.8. The molecule has 4 nitrogen and oxygen atoms in total. The van der Waals surface area contributed by atoms with Crippen molar-refractivity contribution in [3.05, 3.63) is 59.8 Å². The Morgan fingerprint density at radius 1 is 0.952 bits per heavy atom. The van der Waals surface area contributed by atoms with E-state index in [1.807, 2.05) is 62.5 Å². The van der Waals surface area contributed by atoms with Crippen molar-refractivity contribution in [1.82, 2.24) is 15.3 Å². The number of hydrogen-bond acceptors (Lipinski definition) is 4. The molecule has 0 radical (unpaired) electrons. The van der Waals surface area contributed by atoms with Crippen LogP contribution in [0, 0.1) is 6.92 Å². The number of hydrogen-bond donors (Lipinski definition) is 1. The van der Waals surface area contributed by atoms with E-state index in [1.54, 1.807) is 0 Å². The highest BCUT2D eigenvalue weighted by atomic mass is 16.5. The van der Waals surface area contributed by atoms with Crippen molar-refractivity contribution in [2.45, 2.75) is 13.5 Å². The molecule has 1 aromatic heterocycles. The molecule has 0 fully saturated rings. The van der Waals surface area contributed by atoms with Crippen LogP contribution in [0.15, 0.2) is 48.5 Å². The van der Waals surface area contributed by atoms with E-state index in [9.17, 15) is 0 Å². The number of benzene rings is 2. The number of ether oxygens (including phenoxy) is 1. The summed E-state index contributed by atoms with van der Waals surface area (Å²) in [4.78, 5) is 9.11. The van der Waals surface area contributed by atoms with Crippen molar-refractivity contribution in [3.8, 4) is 11.6 Å². The summed E-state index contributed by atoms with van der Waals surface area (Å²) in [7, 11) is 1.91. The van der Waals surface area contributed by atoms with E-state index >= 15 is 0 Å². The van der Waals surface area contributed by atoms with Gasteiger partial charge in [0.1, 0.15) is 11.4 Å². The number of fused-ring (bicyclic) bond motifs is 1. The maximum absolute atomic E-state index is 5.99. The fourth-order valence-corrected chi connectivity index (χ4v) is 2.21. The van der Waals surface area contributed by atoms with Crippen LogP contribution in [0.3, 0.4) is 0 Å². The van der Waals surface area contributed by atoms with E-state index in [4.69, 9.17) is 4.74 Å². The minimum atomic E-state index is 0.553. The second kappa shape index (κ2) is 5.89. The van der Waals surface area contributed by atoms with E-state index in [0.717, 1.165) is 34.6 Å². The Bertz CT molecular complexity index is 771. The minimum Gasteiger partial charge on any atom is -0.437 e. The first-order chi connectivity index (χ1) is 10.3. The lowest BCUT2D eigenvalue weighted by Crippen LogP contribution is -2.06. The van der Waals surface area contributed by atoms with Gasteiger partial charge in [-0.25, -0.2) is 9.97 Å². The van der Waals surface area contributed by atoms with Crippen molar-refractivity contribution in [2.24, 2.45) is 0 Å². The summed E-state index contributed by atoms with van der Waals surface area (Å²) < 4.78 is 5.99. The summed E-state index contributed by atoms with van der Waals surface area (Å²) in [5.74, 6) is 1.36. The molecule has 3 aromatic rings. The van der Waals surface area contributed by atoms with Crippen molar-refractivity contribution in [1.29, 1.82) is 0 Å². The third-order valence-electron chi connectivity index (χ3n) is 3.25. The Morgan fingerprint density at radius 2 is 1.62 bits per heavy atom. The molecule has 0 amide bonds. The van der Waals surface area contributed by atoms with Gasteiger partial charge in [-0.15, -0.1) is 0 Å². The zero-order chi connectivity index (χ0) is 14.7. The van der Waals surface area contributed by atoms with Crippen LogP contribution in [0.5, 0.6) is 11.6 Å². The van der Waals surface area contributed by atoms with Gasteiger partial charge in [-0.1, -0.05) is 30.3 Å². The third kappa shape index (κ3) is 2.85. The lowest BCUT2D eigenvalue weighted by atomic mass is 10.2. The molecule has 106 valence electrons. The lowest BCUT2D eigenvalue weighted by Gasteiger charge is -2.12. The Kier molecular flexibility index (Phi) is 3.79. The van der Waals surface area contributed by atoms with Crippen molar-refractivity contribution >= 4 is 11.0 Å². The van der Waals surface area contributed by atoms with Crippen molar-refractivity contribution < 1.29 is 4.74 Å². The predicted molar refractivity (Wildman–Crippen MR) is 83.6 cm³/mol. The van der Waals surface area contributed by atoms with Gasteiger partial charge in [-0.3, -0.25) is 0 Å². The molecule has 3 rings (SSSR count). The van der Waals surface area contributed by atoms with Gasteiger partial charge in [0.05, 0.1) is 11.0 Å². The molecule has 4 heteroatoms. The number of rotatable bonds is 4. The van der Waals surface area contributed by atoms with Crippen LogP contribution >= 0.6 is 0 Å². The summed E-state index contributed by atoms with van der Waals surface area (Å²) in [6.45, 7) is 2.66. The molecule has 21 heavy (non-hydrogen) atoms. The van der Waals surface area contributed by atoms with Gasteiger partial charge in [-0.05, 0) is 32.2 Å². The standard InChI is InChI=1S/C17H17N3O/c1-12-17(20-15-9-5-4-8-14(15)19-12)21-16-10-6-3-7-13(16)11-18-2/h3-10,18H,11H2,1-2H3. The molecule has 0 aliphatic rings. The Hall–Kier alpha value is -2.46. The molecule has 2 aromatic carbocycles.